The molecular weight excluding hydrogens is 467 g/mol. The summed E-state index contributed by atoms with van der Waals surface area (Å²) in [5, 5.41) is 2.04. The molecule has 0 bridgehead atoms. The molecule has 2 aromatic carbocycles. The highest BCUT2D eigenvalue weighted by Gasteiger charge is 2.43. The van der Waals surface area contributed by atoms with Crippen molar-refractivity contribution in [1.82, 2.24) is 15.3 Å². The van der Waals surface area contributed by atoms with E-state index >= 15 is 0 Å². The Hall–Kier alpha value is -3.73. The van der Waals surface area contributed by atoms with Gasteiger partial charge in [-0.15, -0.1) is 0 Å². The van der Waals surface area contributed by atoms with E-state index in [0.29, 0.717) is 37.0 Å². The molecule has 0 spiro atoms. The number of likely N-dealkylation sites (N-methyl/N-ethyl adjacent to an activating group) is 1. The second-order valence-corrected chi connectivity index (χ2v) is 9.63. The molecule has 1 fully saturated rings. The number of carbonyl (C=O) groups excluding carboxylic acids is 2. The van der Waals surface area contributed by atoms with Crippen LogP contribution in [-0.4, -0.2) is 60.9 Å². The number of nitrogens with zero attached hydrogens (tertiary/aromatic N) is 3. The largest absolute Gasteiger partial charge is 0.497 e. The van der Waals surface area contributed by atoms with Gasteiger partial charge in [0.1, 0.15) is 43.8 Å². The van der Waals surface area contributed by atoms with Gasteiger partial charge in [-0.1, -0.05) is 23.9 Å². The van der Waals surface area contributed by atoms with Gasteiger partial charge in [0.15, 0.2) is 0 Å². The molecule has 1 aliphatic heterocycles. The maximum absolute atomic E-state index is 12.0. The van der Waals surface area contributed by atoms with E-state index in [-0.39, 0.29) is 11.1 Å². The monoisotopic (exact) mass is 492 g/mol. The molecule has 4 rings (SSSR count). The Bertz CT molecular complexity index is 1200. The van der Waals surface area contributed by atoms with Crippen molar-refractivity contribution in [3.8, 4) is 23.1 Å². The van der Waals surface area contributed by atoms with Gasteiger partial charge in [0.25, 0.3) is 5.24 Å². The van der Waals surface area contributed by atoms with Gasteiger partial charge >= 0.3 is 0 Å². The third kappa shape index (κ3) is 6.24. The first-order valence-electron chi connectivity index (χ1n) is 11.0. The van der Waals surface area contributed by atoms with Gasteiger partial charge in [0.05, 0.1) is 18.3 Å². The van der Waals surface area contributed by atoms with Crippen molar-refractivity contribution < 1.29 is 23.8 Å². The van der Waals surface area contributed by atoms with E-state index in [1.54, 1.807) is 21.0 Å². The fraction of sp³-hybridized carbons (Fsp3) is 0.250. The molecule has 1 N–H and O–H groups in total. The number of imide groups is 1. The summed E-state index contributed by atoms with van der Waals surface area (Å²) in [5.41, 5.74) is 0.958. The van der Waals surface area contributed by atoms with E-state index in [0.717, 1.165) is 28.8 Å². The van der Waals surface area contributed by atoms with Crippen LogP contribution in [0.1, 0.15) is 5.56 Å². The number of carbonyl (C=O) groups is 2. The molecule has 180 valence electrons. The first kappa shape index (κ1) is 24.4. The van der Waals surface area contributed by atoms with Crippen LogP contribution in [-0.2, 0) is 11.2 Å². The molecule has 3 aromatic rings. The lowest BCUT2D eigenvalue weighted by atomic mass is 9.80. The summed E-state index contributed by atoms with van der Waals surface area (Å²) in [4.78, 5) is 34.0. The highest BCUT2D eigenvalue weighted by molar-refractivity contribution is 8.17. The van der Waals surface area contributed by atoms with Crippen molar-refractivity contribution in [3.63, 3.8) is 0 Å². The van der Waals surface area contributed by atoms with Crippen molar-refractivity contribution in [1.29, 1.82) is 0 Å². The quantitative estimate of drug-likeness (QED) is 0.428. The highest BCUT2D eigenvalue weighted by Crippen LogP contribution is 2.32. The number of benzene rings is 2. The van der Waals surface area contributed by atoms with Crippen LogP contribution in [0.3, 0.4) is 0 Å². The van der Waals surface area contributed by atoms with Crippen LogP contribution in [0, 0.1) is 0 Å². The number of aromatic nitrogens is 2. The van der Waals surface area contributed by atoms with Crippen LogP contribution in [0.5, 0.6) is 23.1 Å². The Kier molecular flexibility index (Phi) is 7.45. The minimum absolute atomic E-state index is 0.252. The third-order valence-electron chi connectivity index (χ3n) is 5.47. The van der Waals surface area contributed by atoms with Crippen LogP contribution in [0.15, 0.2) is 60.9 Å². The minimum Gasteiger partial charge on any atom is -0.497 e. The molecular formula is C24H25BN4O5S. The first-order valence-corrected chi connectivity index (χ1v) is 11.8. The molecule has 0 radical (unpaired) electrons. The fourth-order valence-electron chi connectivity index (χ4n) is 3.48. The fourth-order valence-corrected chi connectivity index (χ4v) is 4.42. The number of hydrogen-bond acceptors (Lipinski definition) is 9. The summed E-state index contributed by atoms with van der Waals surface area (Å²) in [6.45, 7) is 1.04. The molecule has 11 heteroatoms. The second-order valence-electron chi connectivity index (χ2n) is 8.16. The Balaban J connectivity index is 1.27. The van der Waals surface area contributed by atoms with E-state index in [1.807, 2.05) is 60.5 Å². The number of ether oxygens (including phenoxy) is 3. The van der Waals surface area contributed by atoms with E-state index < -0.39 is 4.65 Å². The average molecular weight is 492 g/mol. The summed E-state index contributed by atoms with van der Waals surface area (Å²) in [6, 6.07) is 16.6. The standard InChI is InChI=1S/C24H25BN4O5S/c1-29(20-13-21(27-15-26-20)34-19-9-7-17(32-2)8-10-19)11-12-33-18-5-3-16(4-6-18)14-24(25)22(30)28-23(31)35-24/h3-10,13,15H,11-12,14,25H2,1-2H3,(H,28,30,31)/t24-/m1/s1. The van der Waals surface area contributed by atoms with Crippen LogP contribution < -0.4 is 24.4 Å². The number of anilines is 1. The molecule has 9 nitrogen and oxygen atoms in total. The maximum atomic E-state index is 12.0. The van der Waals surface area contributed by atoms with Gasteiger partial charge in [-0.05, 0) is 48.4 Å². The Labute approximate surface area is 208 Å². The lowest BCUT2D eigenvalue weighted by Gasteiger charge is -2.19. The minimum atomic E-state index is -0.782. The number of hydrogen-bond donors (Lipinski definition) is 1. The van der Waals surface area contributed by atoms with Crippen molar-refractivity contribution in [3.05, 3.63) is 66.5 Å². The third-order valence-corrected chi connectivity index (χ3v) is 6.54. The van der Waals surface area contributed by atoms with Crippen LogP contribution in [0.2, 0.25) is 0 Å². The zero-order chi connectivity index (χ0) is 24.8. The lowest BCUT2D eigenvalue weighted by molar-refractivity contribution is -0.119. The predicted octanol–water partition coefficient (Wildman–Crippen LogP) is 2.65. The summed E-state index contributed by atoms with van der Waals surface area (Å²) in [6.07, 6.45) is 1.92. The average Bonchev–Trinajstić information content (AvgIpc) is 3.11. The normalized spacial score (nSPS) is 17.1. The molecule has 35 heavy (non-hydrogen) atoms. The van der Waals surface area contributed by atoms with Gasteiger partial charge in [0.2, 0.25) is 11.8 Å². The molecule has 0 unspecified atom stereocenters. The van der Waals surface area contributed by atoms with Gasteiger partial charge < -0.3 is 19.1 Å². The maximum Gasteiger partial charge on any atom is 0.285 e. The molecule has 2 heterocycles. The lowest BCUT2D eigenvalue weighted by Crippen LogP contribution is -2.38. The first-order chi connectivity index (χ1) is 16.8. The Morgan fingerprint density at radius 2 is 1.71 bits per heavy atom. The predicted molar refractivity (Wildman–Crippen MR) is 136 cm³/mol. The Morgan fingerprint density at radius 1 is 1.03 bits per heavy atom. The zero-order valence-electron chi connectivity index (χ0n) is 19.7. The SMILES string of the molecule is B[C@]1(Cc2ccc(OCCN(C)c3cc(Oc4ccc(OC)cc4)ncn3)cc2)SC(=O)NC1=O. The number of nitrogens with one attached hydrogen (secondary N) is 1. The topological polar surface area (TPSA) is 103 Å². The van der Waals surface area contributed by atoms with Gasteiger partial charge in [-0.25, -0.2) is 9.97 Å². The molecule has 1 aromatic heterocycles. The number of amides is 2. The zero-order valence-corrected chi connectivity index (χ0v) is 20.5. The summed E-state index contributed by atoms with van der Waals surface area (Å²) in [5.74, 6) is 3.01. The molecule has 2 amide bonds. The van der Waals surface area contributed by atoms with Crippen molar-refractivity contribution in [2.45, 2.75) is 11.1 Å². The van der Waals surface area contributed by atoms with Crippen molar-refractivity contribution >= 4 is 36.6 Å². The van der Waals surface area contributed by atoms with Gasteiger partial charge in [0, 0.05) is 13.1 Å². The molecule has 1 atom stereocenters. The molecule has 1 aliphatic rings. The second kappa shape index (κ2) is 10.7. The number of rotatable bonds is 10. The number of methoxy groups -OCH3 is 1. The van der Waals surface area contributed by atoms with Gasteiger partial charge in [-0.3, -0.25) is 14.9 Å². The summed E-state index contributed by atoms with van der Waals surface area (Å²) < 4.78 is 16.1. The summed E-state index contributed by atoms with van der Waals surface area (Å²) in [7, 11) is 5.31. The van der Waals surface area contributed by atoms with Crippen molar-refractivity contribution in [2.24, 2.45) is 0 Å². The van der Waals surface area contributed by atoms with Crippen LogP contribution in [0.25, 0.3) is 0 Å². The van der Waals surface area contributed by atoms with E-state index in [4.69, 9.17) is 14.2 Å². The molecule has 0 aliphatic carbocycles. The van der Waals surface area contributed by atoms with E-state index in [2.05, 4.69) is 15.3 Å². The Morgan fingerprint density at radius 3 is 2.37 bits per heavy atom. The van der Waals surface area contributed by atoms with Gasteiger partial charge in [-0.2, -0.15) is 0 Å². The van der Waals surface area contributed by atoms with E-state index in [1.165, 1.54) is 6.33 Å². The van der Waals surface area contributed by atoms with E-state index in [9.17, 15) is 9.59 Å². The molecule has 0 saturated carbocycles. The molecule has 1 saturated heterocycles. The highest BCUT2D eigenvalue weighted by atomic mass is 32.2. The van der Waals surface area contributed by atoms with Crippen LogP contribution >= 0.6 is 11.8 Å². The summed E-state index contributed by atoms with van der Waals surface area (Å²) >= 11 is 1.03. The van der Waals surface area contributed by atoms with Crippen molar-refractivity contribution in [2.75, 3.05) is 32.2 Å². The smallest absolute Gasteiger partial charge is 0.285 e. The number of thioether (sulfide) groups is 1. The van der Waals surface area contributed by atoms with Crippen LogP contribution in [0.4, 0.5) is 10.6 Å².